The summed E-state index contributed by atoms with van der Waals surface area (Å²) in [5.74, 6) is 0.588. The van der Waals surface area contributed by atoms with Gasteiger partial charge in [-0.05, 0) is 12.8 Å². The normalized spacial score (nSPS) is 13.9. The van der Waals surface area contributed by atoms with Gasteiger partial charge in [0.2, 0.25) is 0 Å². The van der Waals surface area contributed by atoms with Crippen LogP contribution in [0.5, 0.6) is 0 Å². The number of hydrogen-bond acceptors (Lipinski definition) is 2. The molecule has 0 bridgehead atoms. The lowest BCUT2D eigenvalue weighted by molar-refractivity contribution is -0.117. The highest BCUT2D eigenvalue weighted by Gasteiger charge is 2.08. The summed E-state index contributed by atoms with van der Waals surface area (Å²) in [7, 11) is 0. The fourth-order valence-corrected chi connectivity index (χ4v) is 0.568. The van der Waals surface area contributed by atoms with E-state index in [1.165, 1.54) is 0 Å². The van der Waals surface area contributed by atoms with Gasteiger partial charge in [-0.25, -0.2) is 0 Å². The molecule has 0 spiro atoms. The molecule has 0 amide bonds. The predicted octanol–water partition coefficient (Wildman–Crippen LogP) is 0.949. The maximum Gasteiger partial charge on any atom is 0.131 e. The lowest BCUT2D eigenvalue weighted by atomic mass is 10.0. The Morgan fingerprint density at radius 2 is 2.00 bits per heavy atom. The molecule has 2 heteroatoms. The SMILES string of the molecule is CC(=O)CC(N)C(C)C. The van der Waals surface area contributed by atoms with Crippen molar-refractivity contribution in [3.8, 4) is 0 Å². The quantitative estimate of drug-likeness (QED) is 0.616. The van der Waals surface area contributed by atoms with Gasteiger partial charge in [-0.3, -0.25) is 4.79 Å². The average Bonchev–Trinajstić information content (AvgIpc) is 1.63. The zero-order chi connectivity index (χ0) is 7.44. The second kappa shape index (κ2) is 3.62. The number of Topliss-reactive ketones (excluding diaryl/α,β-unsaturated/α-hetero) is 1. The molecule has 0 saturated heterocycles. The van der Waals surface area contributed by atoms with E-state index >= 15 is 0 Å². The summed E-state index contributed by atoms with van der Waals surface area (Å²) in [5, 5.41) is 0. The summed E-state index contributed by atoms with van der Waals surface area (Å²) < 4.78 is 0. The first-order valence-corrected chi connectivity index (χ1v) is 3.29. The van der Waals surface area contributed by atoms with Crippen molar-refractivity contribution in [2.75, 3.05) is 0 Å². The number of hydrogen-bond donors (Lipinski definition) is 1. The van der Waals surface area contributed by atoms with Gasteiger partial charge in [0, 0.05) is 12.5 Å². The van der Waals surface area contributed by atoms with Crippen molar-refractivity contribution in [3.63, 3.8) is 0 Å². The van der Waals surface area contributed by atoms with Crippen LogP contribution >= 0.6 is 0 Å². The molecule has 9 heavy (non-hydrogen) atoms. The Bertz CT molecular complexity index is 99.1. The van der Waals surface area contributed by atoms with Crippen LogP contribution in [0, 0.1) is 5.92 Å². The lowest BCUT2D eigenvalue weighted by Crippen LogP contribution is -2.28. The minimum Gasteiger partial charge on any atom is -0.327 e. The molecule has 0 radical (unpaired) electrons. The molecule has 0 aromatic rings. The predicted molar refractivity (Wildman–Crippen MR) is 38.1 cm³/mol. The third-order valence-electron chi connectivity index (χ3n) is 1.38. The minimum absolute atomic E-state index is 0.0440. The van der Waals surface area contributed by atoms with Gasteiger partial charge in [-0.15, -0.1) is 0 Å². The van der Waals surface area contributed by atoms with Crippen LogP contribution in [0.2, 0.25) is 0 Å². The summed E-state index contributed by atoms with van der Waals surface area (Å²) in [4.78, 5) is 10.5. The summed E-state index contributed by atoms with van der Waals surface area (Å²) >= 11 is 0. The van der Waals surface area contributed by atoms with E-state index in [2.05, 4.69) is 0 Å². The van der Waals surface area contributed by atoms with E-state index in [-0.39, 0.29) is 11.8 Å². The van der Waals surface area contributed by atoms with Gasteiger partial charge in [-0.1, -0.05) is 13.8 Å². The van der Waals surface area contributed by atoms with E-state index in [4.69, 9.17) is 5.73 Å². The highest BCUT2D eigenvalue weighted by Crippen LogP contribution is 2.02. The fourth-order valence-electron chi connectivity index (χ4n) is 0.568. The molecular formula is C7H15NO. The van der Waals surface area contributed by atoms with Gasteiger partial charge in [-0.2, -0.15) is 0 Å². The topological polar surface area (TPSA) is 43.1 Å². The van der Waals surface area contributed by atoms with E-state index in [1.807, 2.05) is 13.8 Å². The zero-order valence-electron chi connectivity index (χ0n) is 6.35. The van der Waals surface area contributed by atoms with Gasteiger partial charge >= 0.3 is 0 Å². The molecule has 0 aliphatic heterocycles. The molecular weight excluding hydrogens is 114 g/mol. The molecule has 1 unspecified atom stereocenters. The van der Waals surface area contributed by atoms with Crippen molar-refractivity contribution in [1.29, 1.82) is 0 Å². The zero-order valence-corrected chi connectivity index (χ0v) is 6.35. The molecule has 0 fully saturated rings. The van der Waals surface area contributed by atoms with Crippen LogP contribution in [0.25, 0.3) is 0 Å². The van der Waals surface area contributed by atoms with Crippen molar-refractivity contribution in [2.45, 2.75) is 33.2 Å². The first-order chi connectivity index (χ1) is 4.04. The third kappa shape index (κ3) is 4.15. The minimum atomic E-state index is 0.0440. The van der Waals surface area contributed by atoms with Crippen LogP contribution in [0.3, 0.4) is 0 Å². The summed E-state index contributed by atoms with van der Waals surface area (Å²) in [6, 6.07) is 0.0440. The first kappa shape index (κ1) is 8.63. The largest absolute Gasteiger partial charge is 0.327 e. The standard InChI is InChI=1S/C7H15NO/c1-5(2)7(8)4-6(3)9/h5,7H,4,8H2,1-3H3. The van der Waals surface area contributed by atoms with Gasteiger partial charge in [0.15, 0.2) is 0 Å². The Kier molecular flexibility index (Phi) is 3.47. The van der Waals surface area contributed by atoms with E-state index in [9.17, 15) is 4.79 Å². The molecule has 2 N–H and O–H groups in total. The van der Waals surface area contributed by atoms with Crippen LogP contribution < -0.4 is 5.73 Å². The summed E-state index contributed by atoms with van der Waals surface area (Å²) in [6.45, 7) is 5.61. The number of carbonyl (C=O) groups excluding carboxylic acids is 1. The maximum absolute atomic E-state index is 10.5. The molecule has 0 aromatic heterocycles. The Balaban J connectivity index is 3.50. The van der Waals surface area contributed by atoms with Crippen molar-refractivity contribution >= 4 is 5.78 Å². The molecule has 0 aliphatic carbocycles. The molecule has 0 rings (SSSR count). The second-order valence-corrected chi connectivity index (χ2v) is 2.81. The van der Waals surface area contributed by atoms with Crippen molar-refractivity contribution in [2.24, 2.45) is 11.7 Å². The van der Waals surface area contributed by atoms with Crippen LogP contribution in [0.15, 0.2) is 0 Å². The maximum atomic E-state index is 10.5. The van der Waals surface area contributed by atoms with Gasteiger partial charge < -0.3 is 5.73 Å². The van der Waals surface area contributed by atoms with Crippen LogP contribution in [0.1, 0.15) is 27.2 Å². The smallest absolute Gasteiger partial charge is 0.131 e. The summed E-state index contributed by atoms with van der Waals surface area (Å²) in [6.07, 6.45) is 0.512. The highest BCUT2D eigenvalue weighted by molar-refractivity contribution is 5.76. The molecule has 0 aromatic carbocycles. The number of carbonyl (C=O) groups is 1. The number of nitrogens with two attached hydrogens (primary N) is 1. The molecule has 0 heterocycles. The summed E-state index contributed by atoms with van der Waals surface area (Å²) in [5.41, 5.74) is 5.60. The number of ketones is 1. The molecule has 54 valence electrons. The van der Waals surface area contributed by atoms with Crippen molar-refractivity contribution < 1.29 is 4.79 Å². The van der Waals surface area contributed by atoms with E-state index in [1.54, 1.807) is 6.92 Å². The molecule has 0 aliphatic rings. The van der Waals surface area contributed by atoms with Crippen LogP contribution in [0.4, 0.5) is 0 Å². The Labute approximate surface area is 56.4 Å². The third-order valence-corrected chi connectivity index (χ3v) is 1.38. The van der Waals surface area contributed by atoms with Crippen LogP contribution in [-0.4, -0.2) is 11.8 Å². The highest BCUT2D eigenvalue weighted by atomic mass is 16.1. The number of rotatable bonds is 3. The molecule has 1 atom stereocenters. The molecule has 2 nitrogen and oxygen atoms in total. The van der Waals surface area contributed by atoms with E-state index in [0.29, 0.717) is 12.3 Å². The van der Waals surface area contributed by atoms with E-state index in [0.717, 1.165) is 0 Å². The van der Waals surface area contributed by atoms with Crippen molar-refractivity contribution in [3.05, 3.63) is 0 Å². The fraction of sp³-hybridized carbons (Fsp3) is 0.857. The van der Waals surface area contributed by atoms with Crippen molar-refractivity contribution in [1.82, 2.24) is 0 Å². The Hall–Kier alpha value is -0.370. The van der Waals surface area contributed by atoms with Gasteiger partial charge in [0.25, 0.3) is 0 Å². The lowest BCUT2D eigenvalue weighted by Gasteiger charge is -2.12. The first-order valence-electron chi connectivity index (χ1n) is 3.29. The average molecular weight is 129 g/mol. The van der Waals surface area contributed by atoms with E-state index < -0.39 is 0 Å². The van der Waals surface area contributed by atoms with Crippen LogP contribution in [-0.2, 0) is 4.79 Å². The monoisotopic (exact) mass is 129 g/mol. The second-order valence-electron chi connectivity index (χ2n) is 2.81. The van der Waals surface area contributed by atoms with Gasteiger partial charge in [0.05, 0.1) is 0 Å². The molecule has 0 saturated carbocycles. The Morgan fingerprint density at radius 1 is 1.56 bits per heavy atom. The Morgan fingerprint density at radius 3 is 2.11 bits per heavy atom. The van der Waals surface area contributed by atoms with Gasteiger partial charge in [0.1, 0.15) is 5.78 Å².